The maximum atomic E-state index is 12.9. The standard InChI is InChI=1S/C20H19N7O3/c1-12-9-17(28)23-20(21-12)27-16(10-15(24-27)13-7-5-4-6-8-13)22-18(29)14-11-26(2)25-19(14)30-3/h4-11H,1-3H3,(H,22,29)(H,21,23,28). The van der Waals surface area contributed by atoms with Crippen molar-refractivity contribution in [3.63, 3.8) is 0 Å². The van der Waals surface area contributed by atoms with Crippen LogP contribution in [-0.2, 0) is 7.05 Å². The molecule has 30 heavy (non-hydrogen) atoms. The Morgan fingerprint density at radius 1 is 1.17 bits per heavy atom. The Morgan fingerprint density at radius 3 is 2.63 bits per heavy atom. The third kappa shape index (κ3) is 3.70. The predicted octanol–water partition coefficient (Wildman–Crippen LogP) is 1.93. The Bertz CT molecular complexity index is 1270. The van der Waals surface area contributed by atoms with E-state index in [4.69, 9.17) is 4.74 Å². The number of anilines is 1. The summed E-state index contributed by atoms with van der Waals surface area (Å²) in [6.45, 7) is 1.71. The van der Waals surface area contributed by atoms with Crippen molar-refractivity contribution in [1.82, 2.24) is 29.5 Å². The van der Waals surface area contributed by atoms with Crippen molar-refractivity contribution in [2.45, 2.75) is 6.92 Å². The highest BCUT2D eigenvalue weighted by molar-refractivity contribution is 6.05. The number of nitrogens with one attached hydrogen (secondary N) is 2. The molecule has 0 unspecified atom stereocenters. The van der Waals surface area contributed by atoms with Crippen molar-refractivity contribution >= 4 is 11.7 Å². The Hall–Kier alpha value is -4.21. The van der Waals surface area contributed by atoms with E-state index in [9.17, 15) is 9.59 Å². The van der Waals surface area contributed by atoms with E-state index in [1.165, 1.54) is 22.5 Å². The lowest BCUT2D eigenvalue weighted by atomic mass is 10.1. The fraction of sp³-hybridized carbons (Fsp3) is 0.150. The molecule has 0 saturated heterocycles. The van der Waals surface area contributed by atoms with E-state index in [2.05, 4.69) is 25.5 Å². The smallest absolute Gasteiger partial charge is 0.263 e. The van der Waals surface area contributed by atoms with Gasteiger partial charge in [-0.25, -0.2) is 4.98 Å². The number of carbonyl (C=O) groups is 1. The largest absolute Gasteiger partial charge is 0.479 e. The Balaban J connectivity index is 1.80. The van der Waals surface area contributed by atoms with Gasteiger partial charge < -0.3 is 10.1 Å². The number of benzene rings is 1. The summed E-state index contributed by atoms with van der Waals surface area (Å²) in [4.78, 5) is 31.8. The summed E-state index contributed by atoms with van der Waals surface area (Å²) in [5, 5.41) is 11.5. The number of rotatable bonds is 5. The van der Waals surface area contributed by atoms with Crippen molar-refractivity contribution in [3.05, 3.63) is 70.3 Å². The SMILES string of the molecule is COc1nn(C)cc1C(=O)Nc1cc(-c2ccccc2)nn1-c1nc(C)cc(=O)[nH]1. The minimum Gasteiger partial charge on any atom is -0.479 e. The van der Waals surface area contributed by atoms with Crippen LogP contribution in [0.15, 0.2) is 53.5 Å². The minimum atomic E-state index is -0.435. The van der Waals surface area contributed by atoms with Gasteiger partial charge in [-0.05, 0) is 6.92 Å². The summed E-state index contributed by atoms with van der Waals surface area (Å²) >= 11 is 0. The lowest BCUT2D eigenvalue weighted by Crippen LogP contribution is -2.19. The first-order chi connectivity index (χ1) is 14.4. The first kappa shape index (κ1) is 19.1. The molecular formula is C20H19N7O3. The second-order valence-electron chi connectivity index (χ2n) is 6.58. The maximum absolute atomic E-state index is 12.9. The van der Waals surface area contributed by atoms with Gasteiger partial charge in [-0.1, -0.05) is 30.3 Å². The number of aryl methyl sites for hydroxylation is 2. The lowest BCUT2D eigenvalue weighted by Gasteiger charge is -2.08. The molecule has 3 heterocycles. The number of hydrogen-bond donors (Lipinski definition) is 2. The van der Waals surface area contributed by atoms with Crippen LogP contribution >= 0.6 is 0 Å². The summed E-state index contributed by atoms with van der Waals surface area (Å²) in [6.07, 6.45) is 1.56. The van der Waals surface area contributed by atoms with E-state index in [1.54, 1.807) is 26.2 Å². The second kappa shape index (κ2) is 7.66. The van der Waals surface area contributed by atoms with E-state index < -0.39 is 5.91 Å². The van der Waals surface area contributed by atoms with Gasteiger partial charge in [-0.3, -0.25) is 19.3 Å². The normalized spacial score (nSPS) is 10.8. The van der Waals surface area contributed by atoms with Crippen LogP contribution in [0.25, 0.3) is 17.2 Å². The third-order valence-corrected chi connectivity index (χ3v) is 4.31. The van der Waals surface area contributed by atoms with Gasteiger partial charge in [-0.2, -0.15) is 9.78 Å². The zero-order valence-electron chi connectivity index (χ0n) is 16.6. The first-order valence-electron chi connectivity index (χ1n) is 9.07. The topological polar surface area (TPSA) is 120 Å². The van der Waals surface area contributed by atoms with E-state index >= 15 is 0 Å². The molecule has 0 aliphatic rings. The summed E-state index contributed by atoms with van der Waals surface area (Å²) in [5.41, 5.74) is 1.92. The van der Waals surface area contributed by atoms with E-state index in [-0.39, 0.29) is 23.0 Å². The lowest BCUT2D eigenvalue weighted by molar-refractivity contribution is 0.102. The van der Waals surface area contributed by atoms with Gasteiger partial charge in [-0.15, -0.1) is 5.10 Å². The molecule has 0 aliphatic carbocycles. The Morgan fingerprint density at radius 2 is 1.93 bits per heavy atom. The average Bonchev–Trinajstić information content (AvgIpc) is 3.31. The van der Waals surface area contributed by atoms with Crippen molar-refractivity contribution in [1.29, 1.82) is 0 Å². The summed E-state index contributed by atoms with van der Waals surface area (Å²) in [5.74, 6) is 0.288. The van der Waals surface area contributed by atoms with Crippen LogP contribution in [-0.4, -0.2) is 42.5 Å². The molecule has 0 fully saturated rings. The third-order valence-electron chi connectivity index (χ3n) is 4.31. The van der Waals surface area contributed by atoms with E-state index in [0.29, 0.717) is 17.2 Å². The molecule has 1 aromatic carbocycles. The van der Waals surface area contributed by atoms with Gasteiger partial charge in [0.15, 0.2) is 0 Å². The molecule has 0 aliphatic heterocycles. The number of aromatic nitrogens is 6. The number of methoxy groups -OCH3 is 1. The molecule has 0 spiro atoms. The molecule has 4 aromatic rings. The van der Waals surface area contributed by atoms with E-state index in [0.717, 1.165) is 5.56 Å². The van der Waals surface area contributed by atoms with Crippen LogP contribution in [0.4, 0.5) is 5.82 Å². The zero-order chi connectivity index (χ0) is 21.3. The first-order valence-corrected chi connectivity index (χ1v) is 9.07. The zero-order valence-corrected chi connectivity index (χ0v) is 16.6. The van der Waals surface area contributed by atoms with Gasteiger partial charge >= 0.3 is 0 Å². The van der Waals surface area contributed by atoms with E-state index in [1.807, 2.05) is 30.3 Å². The highest BCUT2D eigenvalue weighted by atomic mass is 16.5. The molecule has 4 rings (SSSR count). The van der Waals surface area contributed by atoms with Crippen molar-refractivity contribution in [2.75, 3.05) is 12.4 Å². The summed E-state index contributed by atoms with van der Waals surface area (Å²) in [6, 6.07) is 12.6. The van der Waals surface area contributed by atoms with Crippen LogP contribution in [0.1, 0.15) is 16.1 Å². The van der Waals surface area contributed by atoms with Crippen molar-refractivity contribution < 1.29 is 9.53 Å². The number of H-pyrrole nitrogens is 1. The molecule has 0 bridgehead atoms. The van der Waals surface area contributed by atoms with Crippen LogP contribution in [0.2, 0.25) is 0 Å². The fourth-order valence-corrected chi connectivity index (χ4v) is 3.00. The second-order valence-corrected chi connectivity index (χ2v) is 6.58. The quantitative estimate of drug-likeness (QED) is 0.524. The highest BCUT2D eigenvalue weighted by Gasteiger charge is 2.20. The Labute approximate surface area is 171 Å². The van der Waals surface area contributed by atoms with Gasteiger partial charge in [0.2, 0.25) is 11.8 Å². The average molecular weight is 405 g/mol. The number of aromatic amines is 1. The molecular weight excluding hydrogens is 386 g/mol. The molecule has 3 aromatic heterocycles. The molecule has 152 valence electrons. The summed E-state index contributed by atoms with van der Waals surface area (Å²) < 4.78 is 8.04. The number of carbonyl (C=O) groups excluding carboxylic acids is 1. The number of amides is 1. The monoisotopic (exact) mass is 405 g/mol. The summed E-state index contributed by atoms with van der Waals surface area (Å²) in [7, 11) is 3.14. The molecule has 1 amide bonds. The fourth-order valence-electron chi connectivity index (χ4n) is 3.00. The molecule has 2 N–H and O–H groups in total. The van der Waals surface area contributed by atoms with Gasteiger partial charge in [0.1, 0.15) is 11.4 Å². The molecule has 0 atom stereocenters. The molecule has 0 radical (unpaired) electrons. The Kier molecular flexibility index (Phi) is 4.88. The van der Waals surface area contributed by atoms with Crippen LogP contribution in [0, 0.1) is 6.92 Å². The van der Waals surface area contributed by atoms with Crippen molar-refractivity contribution in [3.8, 4) is 23.1 Å². The maximum Gasteiger partial charge on any atom is 0.263 e. The highest BCUT2D eigenvalue weighted by Crippen LogP contribution is 2.25. The number of hydrogen-bond acceptors (Lipinski definition) is 6. The number of nitrogens with zero attached hydrogens (tertiary/aromatic N) is 5. The van der Waals surface area contributed by atoms with Crippen LogP contribution < -0.4 is 15.6 Å². The van der Waals surface area contributed by atoms with Crippen molar-refractivity contribution in [2.24, 2.45) is 7.05 Å². The van der Waals surface area contributed by atoms with Crippen LogP contribution in [0.3, 0.4) is 0 Å². The number of ether oxygens (including phenoxy) is 1. The predicted molar refractivity (Wildman–Crippen MR) is 110 cm³/mol. The van der Waals surface area contributed by atoms with Crippen LogP contribution in [0.5, 0.6) is 5.88 Å². The molecule has 0 saturated carbocycles. The molecule has 10 heteroatoms. The minimum absolute atomic E-state index is 0.190. The van der Waals surface area contributed by atoms with Gasteiger partial charge in [0.25, 0.3) is 11.5 Å². The molecule has 10 nitrogen and oxygen atoms in total. The van der Waals surface area contributed by atoms with Gasteiger partial charge in [0.05, 0.1) is 12.8 Å². The van der Waals surface area contributed by atoms with Gasteiger partial charge in [0, 0.05) is 36.6 Å².